The largest absolute Gasteiger partial charge is 0.328 e. The Balaban J connectivity index is 5.24. The van der Waals surface area contributed by atoms with Gasteiger partial charge < -0.3 is 16.4 Å². The summed E-state index contributed by atoms with van der Waals surface area (Å²) in [6, 6.07) is 0. The second kappa shape index (κ2) is 4.77. The Morgan fingerprint density at radius 3 is 1.73 bits per heavy atom. The minimum Gasteiger partial charge on any atom is -0.328 e. The van der Waals surface area contributed by atoms with Crippen molar-refractivity contribution in [2.45, 2.75) is 38.8 Å². The van der Waals surface area contributed by atoms with Crippen LogP contribution in [0.1, 0.15) is 27.7 Å². The van der Waals surface area contributed by atoms with Crippen molar-refractivity contribution in [1.29, 1.82) is 0 Å². The van der Waals surface area contributed by atoms with Gasteiger partial charge in [-0.3, -0.25) is 4.79 Å². The molecular formula is C11H23N3O. The van der Waals surface area contributed by atoms with Gasteiger partial charge in [0.15, 0.2) is 0 Å². The molecule has 0 aromatic heterocycles. The molecule has 0 aliphatic carbocycles. The minimum absolute atomic E-state index is 0.138. The molecule has 4 heteroatoms. The lowest BCUT2D eigenvalue weighted by Gasteiger charge is -2.47. The van der Waals surface area contributed by atoms with Gasteiger partial charge in [-0.1, -0.05) is 6.58 Å². The number of nitrogens with two attached hydrogens (primary N) is 2. The number of amides is 1. The van der Waals surface area contributed by atoms with Gasteiger partial charge in [0, 0.05) is 13.1 Å². The zero-order valence-corrected chi connectivity index (χ0v) is 10.2. The Bertz CT molecular complexity index is 230. The van der Waals surface area contributed by atoms with Crippen LogP contribution >= 0.6 is 0 Å². The van der Waals surface area contributed by atoms with Gasteiger partial charge in [0.2, 0.25) is 5.91 Å². The fourth-order valence-corrected chi connectivity index (χ4v) is 1.69. The molecule has 0 rings (SSSR count). The van der Waals surface area contributed by atoms with Crippen molar-refractivity contribution in [1.82, 2.24) is 4.90 Å². The first-order valence-corrected chi connectivity index (χ1v) is 5.10. The number of carbonyl (C=O) groups excluding carboxylic acids is 1. The minimum atomic E-state index is -0.422. The lowest BCUT2D eigenvalue weighted by Crippen LogP contribution is -2.63. The van der Waals surface area contributed by atoms with Crippen molar-refractivity contribution < 1.29 is 4.79 Å². The standard InChI is InChI=1S/C11H23N3O/c1-6-9(15)14(10(2,3)7-12)11(4,5)8-13/h6H,1,7-8,12-13H2,2-5H3. The highest BCUT2D eigenvalue weighted by Crippen LogP contribution is 2.24. The second-order valence-electron chi connectivity index (χ2n) is 4.91. The van der Waals surface area contributed by atoms with Crippen molar-refractivity contribution in [3.05, 3.63) is 12.7 Å². The molecular weight excluding hydrogens is 190 g/mol. The van der Waals surface area contributed by atoms with Gasteiger partial charge in [-0.15, -0.1) is 0 Å². The van der Waals surface area contributed by atoms with E-state index < -0.39 is 11.1 Å². The summed E-state index contributed by atoms with van der Waals surface area (Å²) in [5.41, 5.74) is 10.5. The van der Waals surface area contributed by atoms with E-state index in [1.165, 1.54) is 6.08 Å². The molecule has 0 aromatic rings. The quantitative estimate of drug-likeness (QED) is 0.652. The van der Waals surface area contributed by atoms with Crippen molar-refractivity contribution in [2.75, 3.05) is 13.1 Å². The van der Waals surface area contributed by atoms with E-state index in [2.05, 4.69) is 6.58 Å². The van der Waals surface area contributed by atoms with Crippen LogP contribution in [0.4, 0.5) is 0 Å². The first kappa shape index (κ1) is 14.1. The number of hydrogen-bond acceptors (Lipinski definition) is 3. The molecule has 0 spiro atoms. The van der Waals surface area contributed by atoms with Gasteiger partial charge in [0.25, 0.3) is 0 Å². The molecule has 0 saturated heterocycles. The Hall–Kier alpha value is -0.870. The lowest BCUT2D eigenvalue weighted by atomic mass is 9.92. The Morgan fingerprint density at radius 1 is 1.20 bits per heavy atom. The molecule has 0 aliphatic heterocycles. The molecule has 4 nitrogen and oxygen atoms in total. The molecule has 0 radical (unpaired) electrons. The summed E-state index contributed by atoms with van der Waals surface area (Å²) in [5.74, 6) is -0.138. The van der Waals surface area contributed by atoms with Crippen LogP contribution in [-0.2, 0) is 4.79 Å². The molecule has 4 N–H and O–H groups in total. The predicted molar refractivity (Wildman–Crippen MR) is 63.3 cm³/mol. The van der Waals surface area contributed by atoms with Crippen LogP contribution < -0.4 is 11.5 Å². The van der Waals surface area contributed by atoms with E-state index in [9.17, 15) is 4.79 Å². The van der Waals surface area contributed by atoms with Crippen LogP contribution in [0.3, 0.4) is 0 Å². The van der Waals surface area contributed by atoms with Crippen molar-refractivity contribution in [3.63, 3.8) is 0 Å². The molecule has 0 saturated carbocycles. The first-order chi connectivity index (χ1) is 6.72. The van der Waals surface area contributed by atoms with Crippen LogP contribution in [0.15, 0.2) is 12.7 Å². The Kier molecular flexibility index (Phi) is 4.49. The van der Waals surface area contributed by atoms with Crippen LogP contribution in [0.2, 0.25) is 0 Å². The zero-order chi connectivity index (χ0) is 12.3. The SMILES string of the molecule is C=CC(=O)N(C(C)(C)CN)C(C)(C)CN. The van der Waals surface area contributed by atoms with Crippen LogP contribution in [0, 0.1) is 0 Å². The van der Waals surface area contributed by atoms with E-state index in [0.29, 0.717) is 13.1 Å². The van der Waals surface area contributed by atoms with E-state index in [1.807, 2.05) is 27.7 Å². The zero-order valence-electron chi connectivity index (χ0n) is 10.2. The van der Waals surface area contributed by atoms with Gasteiger partial charge in [-0.05, 0) is 33.8 Å². The summed E-state index contributed by atoms with van der Waals surface area (Å²) in [5, 5.41) is 0. The molecule has 0 bridgehead atoms. The maximum absolute atomic E-state index is 11.8. The van der Waals surface area contributed by atoms with E-state index in [-0.39, 0.29) is 5.91 Å². The summed E-state index contributed by atoms with van der Waals surface area (Å²) >= 11 is 0. The normalized spacial score (nSPS) is 12.4. The molecule has 0 heterocycles. The maximum Gasteiger partial charge on any atom is 0.246 e. The summed E-state index contributed by atoms with van der Waals surface area (Å²) in [6.45, 7) is 12.0. The fraction of sp³-hybridized carbons (Fsp3) is 0.727. The van der Waals surface area contributed by atoms with Crippen molar-refractivity contribution in [2.24, 2.45) is 11.5 Å². The molecule has 0 atom stereocenters. The third kappa shape index (κ3) is 3.04. The summed E-state index contributed by atoms with van der Waals surface area (Å²) < 4.78 is 0. The van der Waals surface area contributed by atoms with Gasteiger partial charge in [-0.2, -0.15) is 0 Å². The summed E-state index contributed by atoms with van der Waals surface area (Å²) in [4.78, 5) is 13.5. The molecule has 0 aromatic carbocycles. The molecule has 0 aliphatic rings. The lowest BCUT2D eigenvalue weighted by molar-refractivity contribution is -0.137. The van der Waals surface area contributed by atoms with Gasteiger partial charge in [0.1, 0.15) is 0 Å². The summed E-state index contributed by atoms with van der Waals surface area (Å²) in [6.07, 6.45) is 1.30. The average molecular weight is 213 g/mol. The van der Waals surface area contributed by atoms with Crippen LogP contribution in [-0.4, -0.2) is 35.0 Å². The number of carbonyl (C=O) groups is 1. The highest BCUT2D eigenvalue weighted by Gasteiger charge is 2.38. The third-order valence-electron chi connectivity index (χ3n) is 2.60. The number of rotatable bonds is 5. The van der Waals surface area contributed by atoms with Crippen LogP contribution in [0.25, 0.3) is 0 Å². The number of hydrogen-bond donors (Lipinski definition) is 2. The Labute approximate surface area is 92.3 Å². The van der Waals surface area contributed by atoms with Gasteiger partial charge in [0.05, 0.1) is 11.1 Å². The monoisotopic (exact) mass is 213 g/mol. The highest BCUT2D eigenvalue weighted by atomic mass is 16.2. The topological polar surface area (TPSA) is 72.3 Å². The van der Waals surface area contributed by atoms with Crippen molar-refractivity contribution in [3.8, 4) is 0 Å². The average Bonchev–Trinajstić information content (AvgIpc) is 2.17. The van der Waals surface area contributed by atoms with E-state index >= 15 is 0 Å². The molecule has 15 heavy (non-hydrogen) atoms. The van der Waals surface area contributed by atoms with E-state index in [1.54, 1.807) is 4.90 Å². The third-order valence-corrected chi connectivity index (χ3v) is 2.60. The number of nitrogens with zero attached hydrogens (tertiary/aromatic N) is 1. The van der Waals surface area contributed by atoms with E-state index in [4.69, 9.17) is 11.5 Å². The molecule has 1 amide bonds. The predicted octanol–water partition coefficient (Wildman–Crippen LogP) is 0.476. The molecule has 0 fully saturated rings. The van der Waals surface area contributed by atoms with Gasteiger partial charge >= 0.3 is 0 Å². The van der Waals surface area contributed by atoms with Gasteiger partial charge in [-0.25, -0.2) is 0 Å². The fourth-order valence-electron chi connectivity index (χ4n) is 1.69. The molecule has 88 valence electrons. The second-order valence-corrected chi connectivity index (χ2v) is 4.91. The van der Waals surface area contributed by atoms with E-state index in [0.717, 1.165) is 0 Å². The first-order valence-electron chi connectivity index (χ1n) is 5.10. The van der Waals surface area contributed by atoms with Crippen molar-refractivity contribution >= 4 is 5.91 Å². The van der Waals surface area contributed by atoms with Crippen LogP contribution in [0.5, 0.6) is 0 Å². The summed E-state index contributed by atoms with van der Waals surface area (Å²) in [7, 11) is 0. The highest BCUT2D eigenvalue weighted by molar-refractivity contribution is 5.88. The maximum atomic E-state index is 11.8. The molecule has 0 unspecified atom stereocenters. The smallest absolute Gasteiger partial charge is 0.246 e. The Morgan fingerprint density at radius 2 is 1.53 bits per heavy atom.